The molecule has 18 heavy (non-hydrogen) atoms. The van der Waals surface area contributed by atoms with Crippen molar-refractivity contribution in [2.45, 2.75) is 20.3 Å². The fraction of sp³-hybridized carbons (Fsp3) is 0.583. The quantitative estimate of drug-likeness (QED) is 0.824. The van der Waals surface area contributed by atoms with Crippen LogP contribution in [0.4, 0.5) is 5.82 Å². The number of halogens is 1. The van der Waals surface area contributed by atoms with E-state index in [0.717, 1.165) is 24.3 Å². The number of hydrogen-bond donors (Lipinski definition) is 1. The first-order valence-corrected chi connectivity index (χ1v) is 6.30. The molecule has 2 rings (SSSR count). The topological polar surface area (TPSA) is 58.1 Å². The van der Waals surface area contributed by atoms with E-state index in [-0.39, 0.29) is 16.6 Å². The molecule has 1 aliphatic rings. The first-order chi connectivity index (χ1) is 8.46. The van der Waals surface area contributed by atoms with Gasteiger partial charge in [-0.25, -0.2) is 9.97 Å². The van der Waals surface area contributed by atoms with Gasteiger partial charge in [-0.3, -0.25) is 4.79 Å². The van der Waals surface area contributed by atoms with E-state index in [9.17, 15) is 4.79 Å². The molecular weight excluding hydrogens is 252 g/mol. The van der Waals surface area contributed by atoms with Crippen LogP contribution in [0, 0.1) is 12.3 Å². The minimum Gasteiger partial charge on any atom is -0.359 e. The van der Waals surface area contributed by atoms with Gasteiger partial charge in [0.1, 0.15) is 5.82 Å². The molecule has 1 saturated heterocycles. The van der Waals surface area contributed by atoms with Crippen LogP contribution in [0.3, 0.4) is 0 Å². The molecule has 2 heterocycles. The van der Waals surface area contributed by atoms with E-state index >= 15 is 0 Å². The standard InChI is InChI=1S/C12H17ClN4O/c1-8-6-15-11(13)16-9(8)17-5-4-12(2,7-17)10(18)14-3/h6H,4-5,7H2,1-3H3,(H,14,18). The molecule has 1 fully saturated rings. The summed E-state index contributed by atoms with van der Waals surface area (Å²) in [5.74, 6) is 0.894. The van der Waals surface area contributed by atoms with E-state index in [1.807, 2.05) is 13.8 Å². The summed E-state index contributed by atoms with van der Waals surface area (Å²) in [5.41, 5.74) is 0.610. The smallest absolute Gasteiger partial charge is 0.227 e. The van der Waals surface area contributed by atoms with Gasteiger partial charge in [-0.1, -0.05) is 0 Å². The summed E-state index contributed by atoms with van der Waals surface area (Å²) < 4.78 is 0. The van der Waals surface area contributed by atoms with Crippen molar-refractivity contribution < 1.29 is 4.79 Å². The number of aryl methyl sites for hydroxylation is 1. The average molecular weight is 269 g/mol. The van der Waals surface area contributed by atoms with Crippen LogP contribution in [0.2, 0.25) is 5.28 Å². The maximum atomic E-state index is 11.9. The van der Waals surface area contributed by atoms with Gasteiger partial charge in [0.05, 0.1) is 5.41 Å². The zero-order valence-electron chi connectivity index (χ0n) is 10.8. The Bertz CT molecular complexity index is 479. The van der Waals surface area contributed by atoms with Crippen LogP contribution >= 0.6 is 11.6 Å². The number of rotatable bonds is 2. The predicted octanol–water partition coefficient (Wildman–Crippen LogP) is 1.40. The Hall–Kier alpha value is -1.36. The summed E-state index contributed by atoms with van der Waals surface area (Å²) in [7, 11) is 1.67. The van der Waals surface area contributed by atoms with Gasteiger partial charge < -0.3 is 10.2 Å². The number of aromatic nitrogens is 2. The van der Waals surface area contributed by atoms with Gasteiger partial charge in [-0.15, -0.1) is 0 Å². The zero-order chi connectivity index (χ0) is 13.3. The van der Waals surface area contributed by atoms with Gasteiger partial charge in [-0.2, -0.15) is 0 Å². The molecule has 1 unspecified atom stereocenters. The van der Waals surface area contributed by atoms with Crippen molar-refractivity contribution in [2.75, 3.05) is 25.0 Å². The van der Waals surface area contributed by atoms with E-state index in [0.29, 0.717) is 6.54 Å². The van der Waals surface area contributed by atoms with Crippen LogP contribution < -0.4 is 10.2 Å². The Morgan fingerprint density at radius 3 is 3.00 bits per heavy atom. The largest absolute Gasteiger partial charge is 0.359 e. The van der Waals surface area contributed by atoms with E-state index in [1.165, 1.54) is 0 Å². The molecule has 1 aliphatic heterocycles. The molecule has 5 nitrogen and oxygen atoms in total. The molecule has 1 N–H and O–H groups in total. The van der Waals surface area contributed by atoms with Crippen molar-refractivity contribution in [3.63, 3.8) is 0 Å². The van der Waals surface area contributed by atoms with Gasteiger partial charge in [0.25, 0.3) is 0 Å². The van der Waals surface area contributed by atoms with E-state index in [4.69, 9.17) is 11.6 Å². The van der Waals surface area contributed by atoms with Crippen molar-refractivity contribution in [3.05, 3.63) is 17.0 Å². The van der Waals surface area contributed by atoms with Crippen LogP contribution in [0.5, 0.6) is 0 Å². The normalized spacial score (nSPS) is 23.2. The summed E-state index contributed by atoms with van der Waals surface area (Å²) in [5, 5.41) is 2.96. The minimum atomic E-state index is -0.362. The maximum Gasteiger partial charge on any atom is 0.227 e. The number of nitrogens with zero attached hydrogens (tertiary/aromatic N) is 3. The first-order valence-electron chi connectivity index (χ1n) is 5.92. The molecule has 98 valence electrons. The number of carbonyl (C=O) groups excluding carboxylic acids is 1. The number of hydrogen-bond acceptors (Lipinski definition) is 4. The number of amides is 1. The van der Waals surface area contributed by atoms with Crippen LogP contribution in [-0.2, 0) is 4.79 Å². The van der Waals surface area contributed by atoms with Crippen molar-refractivity contribution in [3.8, 4) is 0 Å². The van der Waals surface area contributed by atoms with Gasteiger partial charge >= 0.3 is 0 Å². The molecule has 6 heteroatoms. The first kappa shape index (κ1) is 13.1. The molecule has 1 aromatic rings. The Kier molecular flexibility index (Phi) is 3.43. The van der Waals surface area contributed by atoms with Gasteiger partial charge in [-0.05, 0) is 31.9 Å². The summed E-state index contributed by atoms with van der Waals surface area (Å²) in [6.07, 6.45) is 2.52. The van der Waals surface area contributed by atoms with Crippen molar-refractivity contribution in [1.29, 1.82) is 0 Å². The number of carbonyl (C=O) groups is 1. The fourth-order valence-electron chi connectivity index (χ4n) is 2.36. The second-order valence-electron chi connectivity index (χ2n) is 4.96. The lowest BCUT2D eigenvalue weighted by molar-refractivity contribution is -0.128. The maximum absolute atomic E-state index is 11.9. The summed E-state index contributed by atoms with van der Waals surface area (Å²) in [4.78, 5) is 22.2. The van der Waals surface area contributed by atoms with Crippen molar-refractivity contribution in [1.82, 2.24) is 15.3 Å². The molecule has 0 aliphatic carbocycles. The predicted molar refractivity (Wildman–Crippen MR) is 70.8 cm³/mol. The third-order valence-corrected chi connectivity index (χ3v) is 3.65. The average Bonchev–Trinajstić information content (AvgIpc) is 2.75. The van der Waals surface area contributed by atoms with Crippen molar-refractivity contribution >= 4 is 23.3 Å². The lowest BCUT2D eigenvalue weighted by Gasteiger charge is -2.24. The SMILES string of the molecule is CNC(=O)C1(C)CCN(c2nc(Cl)ncc2C)C1. The highest BCUT2D eigenvalue weighted by Crippen LogP contribution is 2.33. The number of anilines is 1. The van der Waals surface area contributed by atoms with Gasteiger partial charge in [0, 0.05) is 31.9 Å². The van der Waals surface area contributed by atoms with E-state index < -0.39 is 0 Å². The summed E-state index contributed by atoms with van der Waals surface area (Å²) in [6.45, 7) is 5.38. The molecular formula is C12H17ClN4O. The monoisotopic (exact) mass is 268 g/mol. The molecule has 0 spiro atoms. The van der Waals surface area contributed by atoms with Crippen LogP contribution in [0.15, 0.2) is 6.20 Å². The molecule has 1 aromatic heterocycles. The molecule has 0 saturated carbocycles. The second-order valence-corrected chi connectivity index (χ2v) is 5.30. The van der Waals surface area contributed by atoms with Crippen LogP contribution in [-0.4, -0.2) is 36.0 Å². The Labute approximate surface area is 112 Å². The lowest BCUT2D eigenvalue weighted by Crippen LogP contribution is -2.39. The second kappa shape index (κ2) is 4.72. The zero-order valence-corrected chi connectivity index (χ0v) is 11.6. The molecule has 1 amide bonds. The van der Waals surface area contributed by atoms with Crippen LogP contribution in [0.25, 0.3) is 0 Å². The van der Waals surface area contributed by atoms with E-state index in [1.54, 1.807) is 13.2 Å². The summed E-state index contributed by atoms with van der Waals surface area (Å²) >= 11 is 5.83. The Morgan fingerprint density at radius 2 is 2.33 bits per heavy atom. The van der Waals surface area contributed by atoms with Gasteiger partial charge in [0.2, 0.25) is 11.2 Å². The Morgan fingerprint density at radius 1 is 1.61 bits per heavy atom. The molecule has 1 atom stereocenters. The third kappa shape index (κ3) is 2.27. The highest BCUT2D eigenvalue weighted by molar-refractivity contribution is 6.28. The lowest BCUT2D eigenvalue weighted by atomic mass is 9.89. The highest BCUT2D eigenvalue weighted by atomic mass is 35.5. The van der Waals surface area contributed by atoms with Gasteiger partial charge in [0.15, 0.2) is 0 Å². The summed E-state index contributed by atoms with van der Waals surface area (Å²) in [6, 6.07) is 0. The fourth-order valence-corrected chi connectivity index (χ4v) is 2.49. The number of nitrogens with one attached hydrogen (secondary N) is 1. The van der Waals surface area contributed by atoms with E-state index in [2.05, 4.69) is 20.2 Å². The Balaban J connectivity index is 2.23. The molecule has 0 radical (unpaired) electrons. The van der Waals surface area contributed by atoms with Crippen molar-refractivity contribution in [2.24, 2.45) is 5.41 Å². The third-order valence-electron chi connectivity index (χ3n) is 3.46. The van der Waals surface area contributed by atoms with Crippen LogP contribution in [0.1, 0.15) is 18.9 Å². The minimum absolute atomic E-state index is 0.0720. The highest BCUT2D eigenvalue weighted by Gasteiger charge is 2.40. The molecule has 0 bridgehead atoms. The molecule has 0 aromatic carbocycles.